The lowest BCUT2D eigenvalue weighted by Crippen LogP contribution is -2.51. The molecule has 2 aliphatic rings. The molecule has 0 radical (unpaired) electrons. The second-order valence-corrected chi connectivity index (χ2v) is 8.23. The summed E-state index contributed by atoms with van der Waals surface area (Å²) >= 11 is 0. The lowest BCUT2D eigenvalue weighted by Gasteiger charge is -2.33. The number of carbonyl (C=O) groups excluding carboxylic acids is 2. The molecule has 3 heterocycles. The van der Waals surface area contributed by atoms with Crippen LogP contribution < -0.4 is 5.32 Å². The zero-order valence-electron chi connectivity index (χ0n) is 17.9. The fourth-order valence-corrected chi connectivity index (χ4v) is 3.86. The van der Waals surface area contributed by atoms with E-state index in [-0.39, 0.29) is 11.8 Å². The van der Waals surface area contributed by atoms with Gasteiger partial charge in [0.15, 0.2) is 5.82 Å². The van der Waals surface area contributed by atoms with E-state index in [1.165, 1.54) is 0 Å². The molecule has 4 rings (SSSR count). The summed E-state index contributed by atoms with van der Waals surface area (Å²) < 4.78 is 7.21. The molecule has 1 aliphatic carbocycles. The maximum atomic E-state index is 12.6. The van der Waals surface area contributed by atoms with Crippen molar-refractivity contribution in [3.63, 3.8) is 0 Å². The predicted octanol–water partition coefficient (Wildman–Crippen LogP) is 1.83. The molecule has 2 aromatic rings. The van der Waals surface area contributed by atoms with Crippen molar-refractivity contribution in [2.75, 3.05) is 32.7 Å². The highest BCUT2D eigenvalue weighted by atomic mass is 16.5. The van der Waals surface area contributed by atoms with Crippen LogP contribution in [0.15, 0.2) is 22.7 Å². The summed E-state index contributed by atoms with van der Waals surface area (Å²) in [5.74, 6) is 1.60. The Morgan fingerprint density at radius 2 is 1.90 bits per heavy atom. The van der Waals surface area contributed by atoms with Gasteiger partial charge < -0.3 is 14.7 Å². The SMILES string of the molecule is Cc1cc(-n2c(C)cc(C=CC(=O)N3CCN(CC(=O)NC4CC4)CC3)c2C)no1. The Kier molecular flexibility index (Phi) is 5.76. The molecule has 1 saturated carbocycles. The molecule has 0 spiro atoms. The van der Waals surface area contributed by atoms with Gasteiger partial charge >= 0.3 is 0 Å². The average molecular weight is 412 g/mol. The van der Waals surface area contributed by atoms with Gasteiger partial charge in [-0.05, 0) is 51.3 Å². The molecule has 1 aliphatic heterocycles. The van der Waals surface area contributed by atoms with Crippen LogP contribution in [-0.4, -0.2) is 70.1 Å². The van der Waals surface area contributed by atoms with Crippen LogP contribution in [0, 0.1) is 20.8 Å². The van der Waals surface area contributed by atoms with Gasteiger partial charge in [-0.3, -0.25) is 19.1 Å². The third kappa shape index (κ3) is 4.64. The van der Waals surface area contributed by atoms with E-state index in [4.69, 9.17) is 4.52 Å². The van der Waals surface area contributed by atoms with Crippen molar-refractivity contribution < 1.29 is 14.1 Å². The second kappa shape index (κ2) is 8.47. The molecule has 2 amide bonds. The molecule has 8 heteroatoms. The summed E-state index contributed by atoms with van der Waals surface area (Å²) in [7, 11) is 0. The summed E-state index contributed by atoms with van der Waals surface area (Å²) in [5.41, 5.74) is 3.03. The summed E-state index contributed by atoms with van der Waals surface area (Å²) in [6.45, 7) is 9.01. The topological polar surface area (TPSA) is 83.6 Å². The lowest BCUT2D eigenvalue weighted by atomic mass is 10.2. The smallest absolute Gasteiger partial charge is 0.246 e. The van der Waals surface area contributed by atoms with Gasteiger partial charge in [0.05, 0.1) is 6.54 Å². The Bertz CT molecular complexity index is 962. The van der Waals surface area contributed by atoms with Gasteiger partial charge in [0.25, 0.3) is 0 Å². The molecule has 8 nitrogen and oxygen atoms in total. The maximum absolute atomic E-state index is 12.6. The van der Waals surface area contributed by atoms with Gasteiger partial charge in [-0.25, -0.2) is 0 Å². The maximum Gasteiger partial charge on any atom is 0.246 e. The number of aryl methyl sites for hydroxylation is 2. The first-order chi connectivity index (χ1) is 14.4. The second-order valence-electron chi connectivity index (χ2n) is 8.23. The van der Waals surface area contributed by atoms with Gasteiger partial charge in [-0.15, -0.1) is 0 Å². The van der Waals surface area contributed by atoms with E-state index in [9.17, 15) is 9.59 Å². The number of hydrogen-bond donors (Lipinski definition) is 1. The number of rotatable bonds is 6. The van der Waals surface area contributed by atoms with Gasteiger partial charge in [-0.1, -0.05) is 5.16 Å². The quantitative estimate of drug-likeness (QED) is 0.733. The van der Waals surface area contributed by atoms with E-state index in [2.05, 4.69) is 15.4 Å². The number of piperazine rings is 1. The Balaban J connectivity index is 1.32. The van der Waals surface area contributed by atoms with E-state index in [1.807, 2.05) is 48.4 Å². The highest BCUT2D eigenvalue weighted by molar-refractivity contribution is 5.92. The summed E-state index contributed by atoms with van der Waals surface area (Å²) in [4.78, 5) is 28.5. The van der Waals surface area contributed by atoms with Crippen molar-refractivity contribution in [3.05, 3.63) is 40.9 Å². The largest absolute Gasteiger partial charge is 0.360 e. The van der Waals surface area contributed by atoms with E-state index >= 15 is 0 Å². The highest BCUT2D eigenvalue weighted by Crippen LogP contribution is 2.22. The summed E-state index contributed by atoms with van der Waals surface area (Å²) in [5, 5.41) is 7.11. The third-order valence-electron chi connectivity index (χ3n) is 5.71. The Hall–Kier alpha value is -2.87. The van der Waals surface area contributed by atoms with E-state index < -0.39 is 0 Å². The van der Waals surface area contributed by atoms with Crippen molar-refractivity contribution in [3.8, 4) is 5.82 Å². The third-order valence-corrected chi connectivity index (χ3v) is 5.71. The van der Waals surface area contributed by atoms with E-state index in [0.717, 1.165) is 54.5 Å². The van der Waals surface area contributed by atoms with Crippen LogP contribution in [0.25, 0.3) is 11.9 Å². The molecule has 160 valence electrons. The van der Waals surface area contributed by atoms with Gasteiger partial charge in [0.1, 0.15) is 5.76 Å². The van der Waals surface area contributed by atoms with E-state index in [0.29, 0.717) is 25.7 Å². The minimum absolute atomic E-state index is 0.000773. The minimum Gasteiger partial charge on any atom is -0.360 e. The number of carbonyl (C=O) groups is 2. The van der Waals surface area contributed by atoms with Crippen LogP contribution in [0.1, 0.15) is 35.6 Å². The van der Waals surface area contributed by atoms with Crippen LogP contribution in [0.3, 0.4) is 0 Å². The van der Waals surface area contributed by atoms with Crippen LogP contribution in [0.2, 0.25) is 0 Å². The molecule has 30 heavy (non-hydrogen) atoms. The highest BCUT2D eigenvalue weighted by Gasteiger charge is 2.26. The van der Waals surface area contributed by atoms with Crippen molar-refractivity contribution >= 4 is 17.9 Å². The predicted molar refractivity (Wildman–Crippen MR) is 113 cm³/mol. The zero-order valence-corrected chi connectivity index (χ0v) is 17.9. The fraction of sp³-hybridized carbons (Fsp3) is 0.500. The van der Waals surface area contributed by atoms with Crippen LogP contribution in [0.5, 0.6) is 0 Å². The molecule has 0 bridgehead atoms. The Labute approximate surface area is 176 Å². The first kappa shape index (κ1) is 20.4. The number of aromatic nitrogens is 2. The molecule has 0 aromatic carbocycles. The molecular weight excluding hydrogens is 382 g/mol. The van der Waals surface area contributed by atoms with Crippen LogP contribution in [-0.2, 0) is 9.59 Å². The molecule has 2 fully saturated rings. The number of nitrogens with zero attached hydrogens (tertiary/aromatic N) is 4. The number of amides is 2. The molecule has 2 aromatic heterocycles. The Morgan fingerprint density at radius 1 is 1.17 bits per heavy atom. The van der Waals surface area contributed by atoms with Crippen LogP contribution in [0.4, 0.5) is 0 Å². The fourth-order valence-electron chi connectivity index (χ4n) is 3.86. The van der Waals surface area contributed by atoms with Crippen molar-refractivity contribution in [1.82, 2.24) is 24.8 Å². The van der Waals surface area contributed by atoms with Crippen molar-refractivity contribution in [1.29, 1.82) is 0 Å². The van der Waals surface area contributed by atoms with Crippen molar-refractivity contribution in [2.24, 2.45) is 0 Å². The summed E-state index contributed by atoms with van der Waals surface area (Å²) in [6, 6.07) is 4.32. The first-order valence-electron chi connectivity index (χ1n) is 10.5. The van der Waals surface area contributed by atoms with Gasteiger partial charge in [0, 0.05) is 55.8 Å². The molecule has 0 unspecified atom stereocenters. The van der Waals surface area contributed by atoms with Gasteiger partial charge in [0.2, 0.25) is 11.8 Å². The molecule has 1 N–H and O–H groups in total. The van der Waals surface area contributed by atoms with Crippen LogP contribution >= 0.6 is 0 Å². The zero-order chi connectivity index (χ0) is 21.3. The molecular formula is C22H29N5O3. The van der Waals surface area contributed by atoms with Gasteiger partial charge in [-0.2, -0.15) is 0 Å². The monoisotopic (exact) mass is 411 g/mol. The first-order valence-corrected chi connectivity index (χ1v) is 10.5. The molecule has 1 saturated heterocycles. The van der Waals surface area contributed by atoms with E-state index in [1.54, 1.807) is 6.08 Å². The number of hydrogen-bond acceptors (Lipinski definition) is 5. The average Bonchev–Trinajstić information content (AvgIpc) is 3.35. The molecule has 0 atom stereocenters. The summed E-state index contributed by atoms with van der Waals surface area (Å²) in [6.07, 6.45) is 5.70. The standard InChI is InChI=1S/C22H29N5O3/c1-15-12-18(17(3)27(15)20-13-16(2)30-24-20)4-7-22(29)26-10-8-25(9-11-26)14-21(28)23-19-5-6-19/h4,7,12-13,19H,5-6,8-11,14H2,1-3H3,(H,23,28). The minimum atomic E-state index is -0.000773. The lowest BCUT2D eigenvalue weighted by molar-refractivity contribution is -0.128. The Morgan fingerprint density at radius 3 is 2.53 bits per heavy atom. The normalized spacial score (nSPS) is 17.6. The number of nitrogens with one attached hydrogen (secondary N) is 1. The van der Waals surface area contributed by atoms with Crippen molar-refractivity contribution in [2.45, 2.75) is 39.7 Å².